The van der Waals surface area contributed by atoms with E-state index < -0.39 is 0 Å². The largest absolute Gasteiger partial charge is 0.314 e. The van der Waals surface area contributed by atoms with E-state index >= 15 is 0 Å². The summed E-state index contributed by atoms with van der Waals surface area (Å²) < 4.78 is 2.23. The zero-order valence-electron chi connectivity index (χ0n) is 12.3. The Morgan fingerprint density at radius 2 is 2.11 bits per heavy atom. The highest BCUT2D eigenvalue weighted by molar-refractivity contribution is 5.25. The quantitative estimate of drug-likeness (QED) is 0.804. The molecule has 1 aromatic rings. The number of aryl methyl sites for hydroxylation is 1. The number of rotatable bonds is 7. The topological polar surface area (TPSA) is 29.9 Å². The average molecular weight is 249 g/mol. The van der Waals surface area contributed by atoms with Gasteiger partial charge in [0.15, 0.2) is 0 Å². The van der Waals surface area contributed by atoms with Crippen molar-refractivity contribution >= 4 is 0 Å². The van der Waals surface area contributed by atoms with Crippen molar-refractivity contribution in [1.82, 2.24) is 15.1 Å². The van der Waals surface area contributed by atoms with Crippen molar-refractivity contribution in [2.45, 2.75) is 71.9 Å². The van der Waals surface area contributed by atoms with E-state index in [0.29, 0.717) is 6.04 Å². The first-order chi connectivity index (χ1) is 8.63. The Bertz CT molecular complexity index is 391. The molecule has 3 heteroatoms. The first-order valence-electron chi connectivity index (χ1n) is 7.41. The van der Waals surface area contributed by atoms with Crippen LogP contribution in [-0.4, -0.2) is 22.4 Å². The van der Waals surface area contributed by atoms with E-state index in [1.54, 1.807) is 0 Å². The fourth-order valence-corrected chi connectivity index (χ4v) is 2.72. The monoisotopic (exact) mass is 249 g/mol. The van der Waals surface area contributed by atoms with Gasteiger partial charge >= 0.3 is 0 Å². The summed E-state index contributed by atoms with van der Waals surface area (Å²) in [6.07, 6.45) is 6.28. The highest BCUT2D eigenvalue weighted by Gasteiger charge is 2.20. The van der Waals surface area contributed by atoms with Gasteiger partial charge in [-0.1, -0.05) is 13.3 Å². The number of nitrogens with one attached hydrogen (secondary N) is 1. The normalized spacial score (nSPS) is 17.1. The van der Waals surface area contributed by atoms with Crippen molar-refractivity contribution < 1.29 is 0 Å². The molecule has 102 valence electrons. The SMILES string of the molecule is CCCC(C)n1nc(C)c(CCNC2CC2)c1C. The van der Waals surface area contributed by atoms with Crippen LogP contribution in [0.5, 0.6) is 0 Å². The van der Waals surface area contributed by atoms with Crippen LogP contribution < -0.4 is 5.32 Å². The van der Waals surface area contributed by atoms with Crippen LogP contribution in [-0.2, 0) is 6.42 Å². The van der Waals surface area contributed by atoms with Gasteiger partial charge in [-0.05, 0) is 58.6 Å². The molecule has 0 radical (unpaired) electrons. The predicted molar refractivity (Wildman–Crippen MR) is 76.0 cm³/mol. The lowest BCUT2D eigenvalue weighted by Gasteiger charge is -2.13. The summed E-state index contributed by atoms with van der Waals surface area (Å²) in [5.74, 6) is 0. The van der Waals surface area contributed by atoms with Crippen LogP contribution in [0.25, 0.3) is 0 Å². The lowest BCUT2D eigenvalue weighted by molar-refractivity contribution is 0.443. The molecule has 18 heavy (non-hydrogen) atoms. The number of nitrogens with zero attached hydrogens (tertiary/aromatic N) is 2. The molecule has 1 aliphatic rings. The Hall–Kier alpha value is -0.830. The molecule has 0 aromatic carbocycles. The summed E-state index contributed by atoms with van der Waals surface area (Å²) in [7, 11) is 0. The minimum Gasteiger partial charge on any atom is -0.314 e. The van der Waals surface area contributed by atoms with Crippen molar-refractivity contribution in [2.75, 3.05) is 6.54 Å². The van der Waals surface area contributed by atoms with E-state index in [2.05, 4.69) is 37.7 Å². The zero-order valence-corrected chi connectivity index (χ0v) is 12.3. The van der Waals surface area contributed by atoms with Crippen molar-refractivity contribution in [1.29, 1.82) is 0 Å². The van der Waals surface area contributed by atoms with Crippen LogP contribution in [0.15, 0.2) is 0 Å². The Kier molecular flexibility index (Phi) is 4.44. The van der Waals surface area contributed by atoms with E-state index in [1.165, 1.54) is 42.6 Å². The molecular weight excluding hydrogens is 222 g/mol. The summed E-state index contributed by atoms with van der Waals surface area (Å²) in [5, 5.41) is 8.32. The molecule has 2 rings (SSSR count). The number of hydrogen-bond donors (Lipinski definition) is 1. The minimum absolute atomic E-state index is 0.527. The lowest BCUT2D eigenvalue weighted by atomic mass is 10.1. The Morgan fingerprint density at radius 1 is 1.39 bits per heavy atom. The van der Waals surface area contributed by atoms with Gasteiger partial charge in [0.05, 0.1) is 5.69 Å². The molecule has 3 nitrogen and oxygen atoms in total. The van der Waals surface area contributed by atoms with Gasteiger partial charge in [-0.15, -0.1) is 0 Å². The second-order valence-electron chi connectivity index (χ2n) is 5.71. The predicted octanol–water partition coefficient (Wildman–Crippen LogP) is 3.16. The molecule has 1 fully saturated rings. The van der Waals surface area contributed by atoms with Crippen molar-refractivity contribution in [3.63, 3.8) is 0 Å². The van der Waals surface area contributed by atoms with Crippen LogP contribution >= 0.6 is 0 Å². The standard InChI is InChI=1S/C15H27N3/c1-5-6-11(2)18-13(4)15(12(3)17-18)9-10-16-14-7-8-14/h11,14,16H,5-10H2,1-4H3. The lowest BCUT2D eigenvalue weighted by Crippen LogP contribution is -2.19. The Balaban J connectivity index is 1.99. The molecule has 1 aliphatic carbocycles. The highest BCUT2D eigenvalue weighted by atomic mass is 15.3. The van der Waals surface area contributed by atoms with Crippen molar-refractivity contribution in [3.05, 3.63) is 17.0 Å². The molecule has 1 atom stereocenters. The van der Waals surface area contributed by atoms with E-state index in [0.717, 1.165) is 19.0 Å². The highest BCUT2D eigenvalue weighted by Crippen LogP contribution is 2.22. The Labute approximate surface area is 111 Å². The molecule has 0 aliphatic heterocycles. The van der Waals surface area contributed by atoms with Crippen LogP contribution in [0, 0.1) is 13.8 Å². The third-order valence-electron chi connectivity index (χ3n) is 3.98. The summed E-state index contributed by atoms with van der Waals surface area (Å²) >= 11 is 0. The molecule has 1 saturated carbocycles. The third-order valence-corrected chi connectivity index (χ3v) is 3.98. The van der Waals surface area contributed by atoms with Gasteiger partial charge in [0.2, 0.25) is 0 Å². The Morgan fingerprint density at radius 3 is 2.72 bits per heavy atom. The van der Waals surface area contributed by atoms with Gasteiger partial charge in [-0.2, -0.15) is 5.10 Å². The van der Waals surface area contributed by atoms with Crippen LogP contribution in [0.1, 0.15) is 62.5 Å². The van der Waals surface area contributed by atoms with E-state index in [4.69, 9.17) is 5.10 Å². The molecule has 1 N–H and O–H groups in total. The van der Waals surface area contributed by atoms with E-state index in [9.17, 15) is 0 Å². The molecule has 0 bridgehead atoms. The molecule has 0 saturated heterocycles. The van der Waals surface area contributed by atoms with Gasteiger partial charge in [0.25, 0.3) is 0 Å². The van der Waals surface area contributed by atoms with E-state index in [1.807, 2.05) is 0 Å². The maximum absolute atomic E-state index is 4.73. The van der Waals surface area contributed by atoms with Crippen LogP contribution in [0.4, 0.5) is 0 Å². The van der Waals surface area contributed by atoms with Crippen LogP contribution in [0.2, 0.25) is 0 Å². The second kappa shape index (κ2) is 5.87. The first kappa shape index (κ1) is 13.6. The van der Waals surface area contributed by atoms with Gasteiger partial charge in [0.1, 0.15) is 0 Å². The fraction of sp³-hybridized carbons (Fsp3) is 0.800. The molecule has 1 unspecified atom stereocenters. The maximum atomic E-state index is 4.73. The minimum atomic E-state index is 0.527. The summed E-state index contributed by atoms with van der Waals surface area (Å²) in [5.41, 5.74) is 4.03. The maximum Gasteiger partial charge on any atom is 0.0629 e. The van der Waals surface area contributed by atoms with Gasteiger partial charge in [-0.25, -0.2) is 0 Å². The number of aromatic nitrogens is 2. The zero-order chi connectivity index (χ0) is 13.1. The summed E-state index contributed by atoms with van der Waals surface area (Å²) in [4.78, 5) is 0. The van der Waals surface area contributed by atoms with Gasteiger partial charge in [0, 0.05) is 17.8 Å². The second-order valence-corrected chi connectivity index (χ2v) is 5.71. The molecule has 0 amide bonds. The molecular formula is C15H27N3. The first-order valence-corrected chi connectivity index (χ1v) is 7.41. The van der Waals surface area contributed by atoms with Gasteiger partial charge < -0.3 is 5.32 Å². The molecule has 1 heterocycles. The summed E-state index contributed by atoms with van der Waals surface area (Å²) in [6.45, 7) is 9.98. The summed E-state index contributed by atoms with van der Waals surface area (Å²) in [6, 6.07) is 1.33. The fourth-order valence-electron chi connectivity index (χ4n) is 2.72. The number of hydrogen-bond acceptors (Lipinski definition) is 2. The third kappa shape index (κ3) is 3.14. The smallest absolute Gasteiger partial charge is 0.0629 e. The van der Waals surface area contributed by atoms with Crippen molar-refractivity contribution in [3.8, 4) is 0 Å². The molecule has 0 spiro atoms. The van der Waals surface area contributed by atoms with Crippen LogP contribution in [0.3, 0.4) is 0 Å². The molecule has 1 aromatic heterocycles. The van der Waals surface area contributed by atoms with E-state index in [-0.39, 0.29) is 0 Å². The average Bonchev–Trinajstić information content (AvgIpc) is 3.10. The van der Waals surface area contributed by atoms with Crippen molar-refractivity contribution in [2.24, 2.45) is 0 Å². The van der Waals surface area contributed by atoms with Gasteiger partial charge in [-0.3, -0.25) is 4.68 Å².